The lowest BCUT2D eigenvalue weighted by atomic mass is 10.3. The number of anilines is 1. The van der Waals surface area contributed by atoms with Gasteiger partial charge in [-0.05, 0) is 6.92 Å². The molecule has 0 unspecified atom stereocenters. The Balaban J connectivity index is 2.03. The van der Waals surface area contributed by atoms with Crippen LogP contribution in [0, 0.1) is 6.92 Å². The van der Waals surface area contributed by atoms with Gasteiger partial charge in [-0.3, -0.25) is 4.68 Å². The molecule has 0 radical (unpaired) electrons. The molecule has 6 heteroatoms. The second kappa shape index (κ2) is 6.37. The molecule has 5 nitrogen and oxygen atoms in total. The lowest BCUT2D eigenvalue weighted by molar-refractivity contribution is 0.591. The molecule has 0 spiro atoms. The van der Waals surface area contributed by atoms with E-state index in [0.29, 0.717) is 6.04 Å². The molecular weight excluding hydrogens is 270 g/mol. The largest absolute Gasteiger partial charge is 0.347 e. The predicted octanol–water partition coefficient (Wildman–Crippen LogP) is 2.32. The number of thiazole rings is 1. The van der Waals surface area contributed by atoms with E-state index in [9.17, 15) is 0 Å². The van der Waals surface area contributed by atoms with Gasteiger partial charge in [-0.15, -0.1) is 11.3 Å². The predicted molar refractivity (Wildman–Crippen MR) is 84.1 cm³/mol. The third-order valence-electron chi connectivity index (χ3n) is 3.06. The van der Waals surface area contributed by atoms with E-state index >= 15 is 0 Å². The first-order chi connectivity index (χ1) is 9.45. The molecular formula is C14H23N5S. The molecule has 2 rings (SSSR count). The number of nitrogens with zero attached hydrogens (tertiary/aromatic N) is 4. The maximum absolute atomic E-state index is 4.67. The lowest BCUT2D eigenvalue weighted by Gasteiger charge is -2.14. The van der Waals surface area contributed by atoms with Crippen LogP contribution in [0.25, 0.3) is 0 Å². The van der Waals surface area contributed by atoms with Crippen LogP contribution < -0.4 is 10.2 Å². The van der Waals surface area contributed by atoms with E-state index < -0.39 is 0 Å². The Hall–Kier alpha value is -1.40. The number of hydrogen-bond acceptors (Lipinski definition) is 5. The van der Waals surface area contributed by atoms with Gasteiger partial charge >= 0.3 is 0 Å². The average Bonchev–Trinajstić information content (AvgIpc) is 2.93. The van der Waals surface area contributed by atoms with E-state index in [0.717, 1.165) is 23.9 Å². The minimum atomic E-state index is 0.494. The van der Waals surface area contributed by atoms with Crippen LogP contribution in [-0.2, 0) is 20.1 Å². The van der Waals surface area contributed by atoms with Crippen molar-refractivity contribution in [1.82, 2.24) is 20.1 Å². The van der Waals surface area contributed by atoms with Crippen LogP contribution in [0.2, 0.25) is 0 Å². The molecule has 1 N–H and O–H groups in total. The zero-order valence-corrected chi connectivity index (χ0v) is 13.7. The minimum Gasteiger partial charge on any atom is -0.347 e. The molecule has 0 amide bonds. The molecule has 0 aliphatic carbocycles. The summed E-state index contributed by atoms with van der Waals surface area (Å²) in [5.41, 5.74) is 2.32. The first-order valence-corrected chi connectivity index (χ1v) is 7.65. The van der Waals surface area contributed by atoms with Crippen LogP contribution in [0.1, 0.15) is 30.0 Å². The van der Waals surface area contributed by atoms with E-state index in [2.05, 4.69) is 48.1 Å². The summed E-state index contributed by atoms with van der Waals surface area (Å²) in [5, 5.41) is 8.71. The molecule has 0 fully saturated rings. The van der Waals surface area contributed by atoms with Gasteiger partial charge in [0.1, 0.15) is 0 Å². The van der Waals surface area contributed by atoms with E-state index in [1.807, 2.05) is 24.1 Å². The number of aromatic nitrogens is 3. The van der Waals surface area contributed by atoms with Crippen molar-refractivity contribution in [1.29, 1.82) is 0 Å². The van der Waals surface area contributed by atoms with Crippen LogP contribution in [0.4, 0.5) is 5.13 Å². The minimum absolute atomic E-state index is 0.494. The Morgan fingerprint density at radius 2 is 2.20 bits per heavy atom. The monoisotopic (exact) mass is 293 g/mol. The Labute approximate surface area is 124 Å². The van der Waals surface area contributed by atoms with E-state index in [4.69, 9.17) is 0 Å². The third kappa shape index (κ3) is 3.80. The number of rotatable bonds is 6. The van der Waals surface area contributed by atoms with Crippen molar-refractivity contribution in [3.63, 3.8) is 0 Å². The summed E-state index contributed by atoms with van der Waals surface area (Å²) in [6.07, 6.45) is 3.94. The molecule has 110 valence electrons. The second-order valence-electron chi connectivity index (χ2n) is 5.42. The van der Waals surface area contributed by atoms with Gasteiger partial charge < -0.3 is 10.2 Å². The summed E-state index contributed by atoms with van der Waals surface area (Å²) in [7, 11) is 4.01. The van der Waals surface area contributed by atoms with Crippen LogP contribution in [0.3, 0.4) is 0 Å². The highest BCUT2D eigenvalue weighted by molar-refractivity contribution is 7.15. The Kier molecular flexibility index (Phi) is 4.77. The number of hydrogen-bond donors (Lipinski definition) is 1. The molecule has 2 aromatic heterocycles. The average molecular weight is 293 g/mol. The van der Waals surface area contributed by atoms with E-state index in [1.54, 1.807) is 11.3 Å². The Bertz CT molecular complexity index is 558. The van der Waals surface area contributed by atoms with Gasteiger partial charge in [0.25, 0.3) is 0 Å². The van der Waals surface area contributed by atoms with E-state index in [1.165, 1.54) is 10.4 Å². The summed E-state index contributed by atoms with van der Waals surface area (Å²) in [6, 6.07) is 0.494. The van der Waals surface area contributed by atoms with Crippen LogP contribution >= 0.6 is 11.3 Å². The van der Waals surface area contributed by atoms with Gasteiger partial charge in [-0.25, -0.2) is 4.98 Å². The molecule has 0 saturated carbocycles. The standard InChI is InChI=1S/C14H23N5S/c1-10(2)15-7-13-11(3)17-14(20-13)18(4)8-12-6-16-19(5)9-12/h6,9-10,15H,7-8H2,1-5H3. The van der Waals surface area contributed by atoms with Gasteiger partial charge in [0.2, 0.25) is 0 Å². The fraction of sp³-hybridized carbons (Fsp3) is 0.571. The van der Waals surface area contributed by atoms with Crippen LogP contribution in [0.5, 0.6) is 0 Å². The van der Waals surface area contributed by atoms with Gasteiger partial charge in [0.05, 0.1) is 11.9 Å². The number of nitrogens with one attached hydrogen (secondary N) is 1. The van der Waals surface area contributed by atoms with Crippen molar-refractivity contribution in [3.05, 3.63) is 28.5 Å². The first kappa shape index (κ1) is 15.0. The molecule has 2 aromatic rings. The van der Waals surface area contributed by atoms with Crippen molar-refractivity contribution in [3.8, 4) is 0 Å². The smallest absolute Gasteiger partial charge is 0.185 e. The van der Waals surface area contributed by atoms with Crippen molar-refractivity contribution >= 4 is 16.5 Å². The van der Waals surface area contributed by atoms with Crippen molar-refractivity contribution in [2.45, 2.75) is 39.9 Å². The van der Waals surface area contributed by atoms with Crippen LogP contribution in [-0.4, -0.2) is 27.9 Å². The van der Waals surface area contributed by atoms with Crippen LogP contribution in [0.15, 0.2) is 12.4 Å². The quantitative estimate of drug-likeness (QED) is 0.888. The molecule has 0 bridgehead atoms. The van der Waals surface area contributed by atoms with Crippen molar-refractivity contribution in [2.24, 2.45) is 7.05 Å². The molecule has 0 aliphatic rings. The summed E-state index contributed by atoms with van der Waals surface area (Å²) < 4.78 is 1.83. The Morgan fingerprint density at radius 1 is 1.45 bits per heavy atom. The normalized spacial score (nSPS) is 11.3. The zero-order valence-electron chi connectivity index (χ0n) is 12.8. The molecule has 0 aromatic carbocycles. The lowest BCUT2D eigenvalue weighted by Crippen LogP contribution is -2.21. The van der Waals surface area contributed by atoms with Gasteiger partial charge in [-0.2, -0.15) is 5.10 Å². The summed E-state index contributed by atoms with van der Waals surface area (Å²) >= 11 is 1.76. The molecule has 20 heavy (non-hydrogen) atoms. The topological polar surface area (TPSA) is 46.0 Å². The highest BCUT2D eigenvalue weighted by Gasteiger charge is 2.12. The Morgan fingerprint density at radius 3 is 2.80 bits per heavy atom. The van der Waals surface area contributed by atoms with Gasteiger partial charge in [0.15, 0.2) is 5.13 Å². The molecule has 0 atom stereocenters. The highest BCUT2D eigenvalue weighted by atomic mass is 32.1. The van der Waals surface area contributed by atoms with E-state index in [-0.39, 0.29) is 0 Å². The first-order valence-electron chi connectivity index (χ1n) is 6.84. The van der Waals surface area contributed by atoms with Gasteiger partial charge in [-0.1, -0.05) is 13.8 Å². The maximum Gasteiger partial charge on any atom is 0.185 e. The number of aryl methyl sites for hydroxylation is 2. The summed E-state index contributed by atoms with van der Waals surface area (Å²) in [4.78, 5) is 8.15. The second-order valence-corrected chi connectivity index (χ2v) is 6.48. The summed E-state index contributed by atoms with van der Waals surface area (Å²) in [6.45, 7) is 8.12. The fourth-order valence-corrected chi connectivity index (χ4v) is 2.90. The van der Waals surface area contributed by atoms with Crippen molar-refractivity contribution < 1.29 is 0 Å². The SMILES string of the molecule is Cc1nc(N(C)Cc2cnn(C)c2)sc1CNC(C)C. The molecule has 0 saturated heterocycles. The maximum atomic E-state index is 4.67. The van der Waals surface area contributed by atoms with Gasteiger partial charge in [0, 0.05) is 49.9 Å². The third-order valence-corrected chi connectivity index (χ3v) is 4.33. The zero-order chi connectivity index (χ0) is 14.7. The highest BCUT2D eigenvalue weighted by Crippen LogP contribution is 2.26. The summed E-state index contributed by atoms with van der Waals surface area (Å²) in [5.74, 6) is 0. The molecule has 0 aliphatic heterocycles. The fourth-order valence-electron chi connectivity index (χ4n) is 1.93. The molecule has 2 heterocycles. The van der Waals surface area contributed by atoms with Crippen molar-refractivity contribution in [2.75, 3.05) is 11.9 Å².